The van der Waals surface area contributed by atoms with Gasteiger partial charge in [-0.2, -0.15) is 5.26 Å². The Hall–Kier alpha value is -1.57. The van der Waals surface area contributed by atoms with Crippen LogP contribution in [0.4, 0.5) is 17.6 Å². The van der Waals surface area contributed by atoms with Crippen LogP contribution >= 0.6 is 0 Å². The molecular formula is C10H7F4N. The lowest BCUT2D eigenvalue weighted by Gasteiger charge is -2.17. The minimum Gasteiger partial charge on any atom is -0.204 e. The van der Waals surface area contributed by atoms with E-state index in [0.29, 0.717) is 6.07 Å². The third-order valence-corrected chi connectivity index (χ3v) is 2.06. The van der Waals surface area contributed by atoms with Crippen molar-refractivity contribution in [3.63, 3.8) is 0 Å². The predicted molar refractivity (Wildman–Crippen MR) is 44.9 cm³/mol. The molecule has 0 heterocycles. The minimum absolute atomic E-state index is 0.497. The minimum atomic E-state index is -1.90. The van der Waals surface area contributed by atoms with Crippen molar-refractivity contribution in [3.05, 3.63) is 34.9 Å². The SMILES string of the molecule is CC(C)(C#N)c1cc(F)c(F)c(F)c1F. The molecule has 0 spiro atoms. The molecule has 0 bridgehead atoms. The Morgan fingerprint density at radius 1 is 1.07 bits per heavy atom. The number of halogens is 4. The first kappa shape index (κ1) is 11.5. The van der Waals surface area contributed by atoms with Crippen molar-refractivity contribution in [2.45, 2.75) is 19.3 Å². The molecule has 0 amide bonds. The van der Waals surface area contributed by atoms with Gasteiger partial charge in [0.2, 0.25) is 0 Å². The van der Waals surface area contributed by atoms with Crippen LogP contribution in [0.15, 0.2) is 6.07 Å². The molecule has 1 rings (SSSR count). The maximum atomic E-state index is 13.2. The molecule has 0 fully saturated rings. The van der Waals surface area contributed by atoms with E-state index in [4.69, 9.17) is 5.26 Å². The van der Waals surface area contributed by atoms with Crippen molar-refractivity contribution < 1.29 is 17.6 Å². The zero-order valence-corrected chi connectivity index (χ0v) is 8.04. The van der Waals surface area contributed by atoms with Gasteiger partial charge in [0.05, 0.1) is 11.5 Å². The van der Waals surface area contributed by atoms with Crippen LogP contribution < -0.4 is 0 Å². The Morgan fingerprint density at radius 2 is 1.60 bits per heavy atom. The van der Waals surface area contributed by atoms with Crippen molar-refractivity contribution in [1.82, 2.24) is 0 Å². The second-order valence-electron chi connectivity index (χ2n) is 3.58. The Labute approximate surface area is 83.9 Å². The second-order valence-corrected chi connectivity index (χ2v) is 3.58. The van der Waals surface area contributed by atoms with Gasteiger partial charge in [0.25, 0.3) is 0 Å². The number of nitriles is 1. The smallest absolute Gasteiger partial charge is 0.197 e. The van der Waals surface area contributed by atoms with Crippen molar-refractivity contribution in [1.29, 1.82) is 5.26 Å². The highest BCUT2D eigenvalue weighted by atomic mass is 19.2. The molecule has 0 aliphatic heterocycles. The van der Waals surface area contributed by atoms with Crippen LogP contribution in [0.5, 0.6) is 0 Å². The molecule has 0 unspecified atom stereocenters. The monoisotopic (exact) mass is 217 g/mol. The summed E-state index contributed by atoms with van der Waals surface area (Å²) in [5, 5.41) is 8.67. The summed E-state index contributed by atoms with van der Waals surface area (Å²) in [6.45, 7) is 2.56. The van der Waals surface area contributed by atoms with Crippen LogP contribution in [0.1, 0.15) is 19.4 Å². The summed E-state index contributed by atoms with van der Waals surface area (Å²) < 4.78 is 51.4. The predicted octanol–water partition coefficient (Wildman–Crippen LogP) is 3.04. The van der Waals surface area contributed by atoms with Gasteiger partial charge in [-0.3, -0.25) is 0 Å². The topological polar surface area (TPSA) is 23.8 Å². The van der Waals surface area contributed by atoms with Crippen LogP contribution in [0, 0.1) is 34.6 Å². The van der Waals surface area contributed by atoms with E-state index < -0.39 is 34.2 Å². The molecule has 0 aliphatic carbocycles. The van der Waals surface area contributed by atoms with E-state index in [9.17, 15) is 17.6 Å². The van der Waals surface area contributed by atoms with E-state index in [1.807, 2.05) is 0 Å². The highest BCUT2D eigenvalue weighted by molar-refractivity contribution is 5.33. The lowest BCUT2D eigenvalue weighted by Crippen LogP contribution is -2.18. The quantitative estimate of drug-likeness (QED) is 0.403. The first-order valence-corrected chi connectivity index (χ1v) is 4.06. The summed E-state index contributed by atoms with van der Waals surface area (Å²) in [6.07, 6.45) is 0. The molecule has 0 saturated carbocycles. The van der Waals surface area contributed by atoms with Gasteiger partial charge in [-0.25, -0.2) is 17.6 Å². The van der Waals surface area contributed by atoms with Gasteiger partial charge < -0.3 is 0 Å². The number of hydrogen-bond donors (Lipinski definition) is 0. The summed E-state index contributed by atoms with van der Waals surface area (Å²) >= 11 is 0. The summed E-state index contributed by atoms with van der Waals surface area (Å²) in [7, 11) is 0. The van der Waals surface area contributed by atoms with Gasteiger partial charge in [0, 0.05) is 5.56 Å². The zero-order valence-electron chi connectivity index (χ0n) is 8.04. The molecule has 0 atom stereocenters. The van der Waals surface area contributed by atoms with Crippen molar-refractivity contribution in [2.24, 2.45) is 0 Å². The van der Waals surface area contributed by atoms with Crippen molar-refractivity contribution in [3.8, 4) is 6.07 Å². The van der Waals surface area contributed by atoms with Gasteiger partial charge in [-0.15, -0.1) is 0 Å². The second kappa shape index (κ2) is 3.54. The van der Waals surface area contributed by atoms with Gasteiger partial charge in [-0.1, -0.05) is 0 Å². The van der Waals surface area contributed by atoms with Crippen molar-refractivity contribution >= 4 is 0 Å². The van der Waals surface area contributed by atoms with Crippen molar-refractivity contribution in [2.75, 3.05) is 0 Å². The number of benzene rings is 1. The zero-order chi connectivity index (χ0) is 11.8. The standard InChI is InChI=1S/C10H7F4N/c1-10(2,4-15)5-3-6(11)8(13)9(14)7(5)12/h3H,1-2H3. The van der Waals surface area contributed by atoms with Gasteiger partial charge in [0.1, 0.15) is 0 Å². The van der Waals surface area contributed by atoms with E-state index in [2.05, 4.69) is 0 Å². The average molecular weight is 217 g/mol. The summed E-state index contributed by atoms with van der Waals surface area (Å²) in [5.74, 6) is -6.80. The first-order chi connectivity index (χ1) is 6.81. The fourth-order valence-corrected chi connectivity index (χ4v) is 1.09. The van der Waals surface area contributed by atoms with Crippen LogP contribution in [0.3, 0.4) is 0 Å². The lowest BCUT2D eigenvalue weighted by atomic mass is 9.86. The summed E-state index contributed by atoms with van der Waals surface area (Å²) in [5.41, 5.74) is -1.92. The highest BCUT2D eigenvalue weighted by Gasteiger charge is 2.29. The van der Waals surface area contributed by atoms with E-state index in [0.717, 1.165) is 0 Å². The molecule has 15 heavy (non-hydrogen) atoms. The molecule has 0 N–H and O–H groups in total. The Morgan fingerprint density at radius 3 is 2.07 bits per heavy atom. The van der Waals surface area contributed by atoms with E-state index >= 15 is 0 Å². The van der Waals surface area contributed by atoms with Gasteiger partial charge in [-0.05, 0) is 19.9 Å². The van der Waals surface area contributed by atoms with Gasteiger partial charge >= 0.3 is 0 Å². The van der Waals surface area contributed by atoms with E-state index in [-0.39, 0.29) is 0 Å². The fraction of sp³-hybridized carbons (Fsp3) is 0.300. The molecular weight excluding hydrogens is 210 g/mol. The molecule has 80 valence electrons. The maximum Gasteiger partial charge on any atom is 0.197 e. The summed E-state index contributed by atoms with van der Waals surface area (Å²) in [4.78, 5) is 0. The molecule has 0 saturated heterocycles. The van der Waals surface area contributed by atoms with E-state index in [1.165, 1.54) is 13.8 Å². The molecule has 1 aromatic carbocycles. The van der Waals surface area contributed by atoms with Crippen LogP contribution in [0.25, 0.3) is 0 Å². The Balaban J connectivity index is 3.54. The molecule has 0 radical (unpaired) electrons. The lowest BCUT2D eigenvalue weighted by molar-refractivity contribution is 0.396. The molecule has 0 aliphatic rings. The summed E-state index contributed by atoms with van der Waals surface area (Å²) in [6, 6.07) is 2.17. The number of nitrogens with zero attached hydrogens (tertiary/aromatic N) is 1. The maximum absolute atomic E-state index is 13.2. The number of rotatable bonds is 1. The van der Waals surface area contributed by atoms with Crippen LogP contribution in [-0.4, -0.2) is 0 Å². The van der Waals surface area contributed by atoms with Crippen LogP contribution in [-0.2, 0) is 5.41 Å². The third-order valence-electron chi connectivity index (χ3n) is 2.06. The number of hydrogen-bond acceptors (Lipinski definition) is 1. The average Bonchev–Trinajstić information content (AvgIpc) is 2.20. The molecule has 1 aromatic rings. The molecule has 5 heteroatoms. The van der Waals surface area contributed by atoms with E-state index in [1.54, 1.807) is 6.07 Å². The fourth-order valence-electron chi connectivity index (χ4n) is 1.09. The normalized spacial score (nSPS) is 11.3. The third kappa shape index (κ3) is 1.80. The largest absolute Gasteiger partial charge is 0.204 e. The Bertz CT molecular complexity index is 446. The Kier molecular flexibility index (Phi) is 2.71. The highest BCUT2D eigenvalue weighted by Crippen LogP contribution is 2.28. The van der Waals surface area contributed by atoms with Crippen LogP contribution in [0.2, 0.25) is 0 Å². The van der Waals surface area contributed by atoms with Gasteiger partial charge in [0.15, 0.2) is 23.3 Å². The molecule has 1 nitrogen and oxygen atoms in total. The first-order valence-electron chi connectivity index (χ1n) is 4.06. The molecule has 0 aromatic heterocycles.